The van der Waals surface area contributed by atoms with Crippen molar-refractivity contribution in [2.75, 3.05) is 19.0 Å². The smallest absolute Gasteiger partial charge is 0.258 e. The van der Waals surface area contributed by atoms with E-state index in [1.165, 1.54) is 12.0 Å². The first-order valence-electron chi connectivity index (χ1n) is 7.75. The molecule has 1 heterocycles. The highest BCUT2D eigenvalue weighted by molar-refractivity contribution is 6.32. The number of nitrogens with zero attached hydrogens (tertiary/aromatic N) is 1. The molecule has 0 radical (unpaired) electrons. The number of hydrogen-bond acceptors (Lipinski definition) is 3. The zero-order valence-corrected chi connectivity index (χ0v) is 14.5. The summed E-state index contributed by atoms with van der Waals surface area (Å²) in [4.78, 5) is 26.2. The van der Waals surface area contributed by atoms with Gasteiger partial charge in [0, 0.05) is 29.8 Å². The van der Waals surface area contributed by atoms with Crippen LogP contribution >= 0.6 is 11.6 Å². The maximum absolute atomic E-state index is 12.4. The van der Waals surface area contributed by atoms with E-state index in [4.69, 9.17) is 16.3 Å². The van der Waals surface area contributed by atoms with Crippen molar-refractivity contribution in [3.8, 4) is 5.75 Å². The van der Waals surface area contributed by atoms with Crippen LogP contribution in [0.5, 0.6) is 5.75 Å². The van der Waals surface area contributed by atoms with Crippen molar-refractivity contribution < 1.29 is 14.3 Å². The van der Waals surface area contributed by atoms with E-state index in [2.05, 4.69) is 11.9 Å². The van der Waals surface area contributed by atoms with Crippen LogP contribution in [0.2, 0.25) is 5.02 Å². The molecule has 0 saturated carbocycles. The predicted octanol–water partition coefficient (Wildman–Crippen LogP) is 3.80. The lowest BCUT2D eigenvalue weighted by Gasteiger charge is -2.17. The lowest BCUT2D eigenvalue weighted by Crippen LogP contribution is -2.27. The van der Waals surface area contributed by atoms with E-state index in [-0.39, 0.29) is 24.8 Å². The topological polar surface area (TPSA) is 58.6 Å². The zero-order chi connectivity index (χ0) is 18.0. The van der Waals surface area contributed by atoms with Gasteiger partial charge in [0.25, 0.3) is 5.91 Å². The number of fused-ring (bicyclic) bond motifs is 1. The van der Waals surface area contributed by atoms with E-state index < -0.39 is 0 Å². The minimum atomic E-state index is -0.239. The first kappa shape index (κ1) is 17.0. The molecule has 6 heteroatoms. The van der Waals surface area contributed by atoms with Gasteiger partial charge in [-0.1, -0.05) is 42.4 Å². The Morgan fingerprint density at radius 3 is 2.60 bits per heavy atom. The average Bonchev–Trinajstić information content (AvgIpc) is 2.85. The molecular weight excluding hydrogens is 340 g/mol. The molecular formula is C19H17ClN2O3. The van der Waals surface area contributed by atoms with Crippen LogP contribution in [0.4, 0.5) is 5.69 Å². The van der Waals surface area contributed by atoms with Crippen LogP contribution in [-0.2, 0) is 4.79 Å². The third-order valence-electron chi connectivity index (χ3n) is 4.05. The summed E-state index contributed by atoms with van der Waals surface area (Å²) in [6, 6.07) is 12.4. The fraction of sp³-hybridized carbons (Fsp3) is 0.158. The Hall–Kier alpha value is -2.79. The number of rotatable bonds is 5. The first-order valence-corrected chi connectivity index (χ1v) is 8.13. The standard InChI is InChI=1S/C19H17ClN2O3/c1-12-13-6-3-4-7-14(13)19(24)22(12)11-10-17(23)21-16-9-5-8-15(20)18(16)25-2/h3-9H,1,10-11H2,2H3,(H,21,23). The number of methoxy groups -OCH3 is 1. The fourth-order valence-electron chi connectivity index (χ4n) is 2.81. The van der Waals surface area contributed by atoms with Crippen LogP contribution in [0.15, 0.2) is 49.0 Å². The molecule has 2 amide bonds. The molecule has 1 N–H and O–H groups in total. The third-order valence-corrected chi connectivity index (χ3v) is 4.34. The SMILES string of the molecule is C=C1c2ccccc2C(=O)N1CCC(=O)Nc1cccc(Cl)c1OC. The van der Waals surface area contributed by atoms with Crippen LogP contribution in [0, 0.1) is 0 Å². The Morgan fingerprint density at radius 1 is 1.20 bits per heavy atom. The number of carbonyl (C=O) groups excluding carboxylic acids is 2. The summed E-state index contributed by atoms with van der Waals surface area (Å²) in [5.41, 5.74) is 2.54. The van der Waals surface area contributed by atoms with Crippen LogP contribution in [0.1, 0.15) is 22.3 Å². The summed E-state index contributed by atoms with van der Waals surface area (Å²) >= 11 is 6.04. The number of carbonyl (C=O) groups is 2. The minimum absolute atomic E-state index is 0.131. The van der Waals surface area contributed by atoms with Gasteiger partial charge >= 0.3 is 0 Å². The van der Waals surface area contributed by atoms with Crippen molar-refractivity contribution in [2.24, 2.45) is 0 Å². The molecule has 5 nitrogen and oxygen atoms in total. The van der Waals surface area contributed by atoms with Crippen LogP contribution in [-0.4, -0.2) is 30.4 Å². The van der Waals surface area contributed by atoms with Crippen molar-refractivity contribution in [3.63, 3.8) is 0 Å². The number of hydrogen-bond donors (Lipinski definition) is 1. The number of nitrogens with one attached hydrogen (secondary N) is 1. The van der Waals surface area contributed by atoms with Crippen molar-refractivity contribution in [1.82, 2.24) is 4.90 Å². The van der Waals surface area contributed by atoms with Crippen LogP contribution < -0.4 is 10.1 Å². The number of anilines is 1. The molecule has 1 aliphatic rings. The molecule has 0 aromatic heterocycles. The molecule has 0 saturated heterocycles. The maximum Gasteiger partial charge on any atom is 0.258 e. The van der Waals surface area contributed by atoms with Crippen LogP contribution in [0.25, 0.3) is 5.70 Å². The molecule has 3 rings (SSSR count). The Morgan fingerprint density at radius 2 is 1.92 bits per heavy atom. The quantitative estimate of drug-likeness (QED) is 0.886. The number of para-hydroxylation sites is 1. The van der Waals surface area contributed by atoms with Gasteiger partial charge < -0.3 is 15.0 Å². The van der Waals surface area contributed by atoms with Crippen molar-refractivity contribution in [3.05, 3.63) is 65.2 Å². The Labute approximate surface area is 150 Å². The summed E-state index contributed by atoms with van der Waals surface area (Å²) in [6.45, 7) is 4.22. The van der Waals surface area contributed by atoms with Crippen molar-refractivity contribution >= 4 is 34.8 Å². The van der Waals surface area contributed by atoms with Gasteiger partial charge in [-0.15, -0.1) is 0 Å². The number of benzene rings is 2. The molecule has 0 fully saturated rings. The monoisotopic (exact) mass is 356 g/mol. The fourth-order valence-corrected chi connectivity index (χ4v) is 3.06. The molecule has 0 bridgehead atoms. The molecule has 1 aliphatic heterocycles. The second-order valence-electron chi connectivity index (χ2n) is 5.57. The Balaban J connectivity index is 1.65. The number of halogens is 1. The summed E-state index contributed by atoms with van der Waals surface area (Å²) in [6.07, 6.45) is 0.133. The zero-order valence-electron chi connectivity index (χ0n) is 13.7. The van der Waals surface area contributed by atoms with Gasteiger partial charge in [-0.3, -0.25) is 9.59 Å². The van der Waals surface area contributed by atoms with Crippen LogP contribution in [0.3, 0.4) is 0 Å². The average molecular weight is 357 g/mol. The Bertz CT molecular complexity index is 828. The highest BCUT2D eigenvalue weighted by atomic mass is 35.5. The predicted molar refractivity (Wildman–Crippen MR) is 97.8 cm³/mol. The van der Waals surface area contributed by atoms with Gasteiger partial charge in [-0.25, -0.2) is 0 Å². The van der Waals surface area contributed by atoms with E-state index >= 15 is 0 Å². The van der Waals surface area contributed by atoms with E-state index in [0.717, 1.165) is 5.56 Å². The molecule has 0 unspecified atom stereocenters. The van der Waals surface area contributed by atoms with Gasteiger partial charge in [0.05, 0.1) is 17.8 Å². The highest BCUT2D eigenvalue weighted by Gasteiger charge is 2.30. The second-order valence-corrected chi connectivity index (χ2v) is 5.98. The maximum atomic E-state index is 12.4. The first-order chi connectivity index (χ1) is 12.0. The van der Waals surface area contributed by atoms with E-state index in [1.807, 2.05) is 18.2 Å². The largest absolute Gasteiger partial charge is 0.493 e. The normalized spacial score (nSPS) is 13.0. The van der Waals surface area contributed by atoms with Gasteiger partial charge in [-0.2, -0.15) is 0 Å². The van der Waals surface area contributed by atoms with Crippen molar-refractivity contribution in [1.29, 1.82) is 0 Å². The number of ether oxygens (including phenoxy) is 1. The molecule has 0 spiro atoms. The molecule has 0 atom stereocenters. The summed E-state index contributed by atoms with van der Waals surface area (Å²) in [5, 5.41) is 3.18. The molecule has 2 aromatic rings. The van der Waals surface area contributed by atoms with Gasteiger partial charge in [0.2, 0.25) is 5.91 Å². The molecule has 0 aliphatic carbocycles. The Kier molecular flexibility index (Phi) is 4.76. The van der Waals surface area contributed by atoms with Gasteiger partial charge in [0.1, 0.15) is 0 Å². The number of amides is 2. The molecule has 128 valence electrons. The minimum Gasteiger partial charge on any atom is -0.493 e. The molecule has 2 aromatic carbocycles. The lowest BCUT2D eigenvalue weighted by atomic mass is 10.1. The van der Waals surface area contributed by atoms with Gasteiger partial charge in [-0.05, 0) is 18.2 Å². The third kappa shape index (κ3) is 3.23. The van der Waals surface area contributed by atoms with E-state index in [1.54, 1.807) is 24.3 Å². The highest BCUT2D eigenvalue weighted by Crippen LogP contribution is 2.33. The van der Waals surface area contributed by atoms with Gasteiger partial charge in [0.15, 0.2) is 5.75 Å². The summed E-state index contributed by atoms with van der Waals surface area (Å²) < 4.78 is 5.21. The lowest BCUT2D eigenvalue weighted by molar-refractivity contribution is -0.116. The second kappa shape index (κ2) is 6.99. The van der Waals surface area contributed by atoms with E-state index in [0.29, 0.717) is 27.7 Å². The molecule has 25 heavy (non-hydrogen) atoms. The van der Waals surface area contributed by atoms with E-state index in [9.17, 15) is 9.59 Å². The summed E-state index contributed by atoms with van der Waals surface area (Å²) in [5.74, 6) is 0.0393. The van der Waals surface area contributed by atoms with Crippen molar-refractivity contribution in [2.45, 2.75) is 6.42 Å². The summed E-state index contributed by atoms with van der Waals surface area (Å²) in [7, 11) is 1.49.